The summed E-state index contributed by atoms with van der Waals surface area (Å²) in [5, 5.41) is 3.44. The number of aromatic nitrogens is 2. The molecule has 1 fully saturated rings. The van der Waals surface area contributed by atoms with Crippen molar-refractivity contribution in [2.75, 3.05) is 6.54 Å². The summed E-state index contributed by atoms with van der Waals surface area (Å²) >= 11 is 0. The summed E-state index contributed by atoms with van der Waals surface area (Å²) in [7, 11) is 0. The molecule has 0 aromatic carbocycles. The van der Waals surface area contributed by atoms with Crippen molar-refractivity contribution in [3.05, 3.63) is 22.8 Å². The lowest BCUT2D eigenvalue weighted by Crippen LogP contribution is -2.27. The lowest BCUT2D eigenvalue weighted by atomic mass is 9.98. The molecule has 3 rings (SSSR count). The maximum Gasteiger partial charge on any atom is 0.132 e. The van der Waals surface area contributed by atoms with Gasteiger partial charge in [-0.05, 0) is 17.8 Å². The van der Waals surface area contributed by atoms with Crippen LogP contribution in [0.2, 0.25) is 0 Å². The second-order valence-electron chi connectivity index (χ2n) is 6.72. The molecular weight excluding hydrogens is 222 g/mol. The molecule has 0 spiro atoms. The molecule has 1 aliphatic heterocycles. The number of nitrogens with one attached hydrogen (secondary N) is 1. The maximum atomic E-state index is 4.89. The molecule has 0 bridgehead atoms. The highest BCUT2D eigenvalue weighted by atomic mass is 15.0. The largest absolute Gasteiger partial charge is 0.312 e. The molecule has 1 aromatic rings. The predicted octanol–water partition coefficient (Wildman–Crippen LogP) is 2.76. The van der Waals surface area contributed by atoms with E-state index in [1.165, 1.54) is 23.4 Å². The number of hydrogen-bond donors (Lipinski definition) is 1. The van der Waals surface area contributed by atoms with Crippen molar-refractivity contribution in [3.8, 4) is 0 Å². The van der Waals surface area contributed by atoms with E-state index >= 15 is 0 Å². The van der Waals surface area contributed by atoms with Crippen LogP contribution in [0, 0.1) is 5.41 Å². The molecule has 98 valence electrons. The van der Waals surface area contributed by atoms with Crippen LogP contribution in [0.4, 0.5) is 0 Å². The van der Waals surface area contributed by atoms with Crippen molar-refractivity contribution in [3.63, 3.8) is 0 Å². The zero-order valence-electron chi connectivity index (χ0n) is 11.9. The van der Waals surface area contributed by atoms with Crippen LogP contribution < -0.4 is 5.32 Å². The van der Waals surface area contributed by atoms with E-state index in [-0.39, 0.29) is 0 Å². The monoisotopic (exact) mass is 245 g/mol. The van der Waals surface area contributed by atoms with Gasteiger partial charge in [-0.15, -0.1) is 0 Å². The molecule has 0 amide bonds. The Kier molecular flexibility index (Phi) is 2.70. The van der Waals surface area contributed by atoms with Crippen molar-refractivity contribution in [2.24, 2.45) is 5.41 Å². The van der Waals surface area contributed by atoms with E-state index in [1.807, 2.05) is 0 Å². The van der Waals surface area contributed by atoms with Gasteiger partial charge >= 0.3 is 0 Å². The Bertz CT molecular complexity index is 477. The highest BCUT2D eigenvalue weighted by Crippen LogP contribution is 2.57. The minimum atomic E-state index is 0.412. The molecule has 1 unspecified atom stereocenters. The van der Waals surface area contributed by atoms with Crippen molar-refractivity contribution < 1.29 is 0 Å². The van der Waals surface area contributed by atoms with Crippen LogP contribution in [0.3, 0.4) is 0 Å². The fraction of sp³-hybridized carbons (Fsp3) is 0.733. The predicted molar refractivity (Wildman–Crippen MR) is 72.7 cm³/mol. The van der Waals surface area contributed by atoms with Crippen LogP contribution in [-0.2, 0) is 13.0 Å². The van der Waals surface area contributed by atoms with Crippen LogP contribution in [0.1, 0.15) is 68.7 Å². The topological polar surface area (TPSA) is 37.8 Å². The smallest absolute Gasteiger partial charge is 0.132 e. The third-order valence-corrected chi connectivity index (χ3v) is 4.35. The number of fused-ring (bicyclic) bond motifs is 1. The molecule has 2 heterocycles. The van der Waals surface area contributed by atoms with E-state index in [0.29, 0.717) is 17.3 Å². The van der Waals surface area contributed by atoms with Gasteiger partial charge < -0.3 is 5.32 Å². The Balaban J connectivity index is 2.04. The van der Waals surface area contributed by atoms with Gasteiger partial charge in [-0.1, -0.05) is 27.7 Å². The third kappa shape index (κ3) is 1.95. The van der Waals surface area contributed by atoms with E-state index in [1.54, 1.807) is 0 Å². The Labute approximate surface area is 109 Å². The molecule has 1 aliphatic carbocycles. The van der Waals surface area contributed by atoms with E-state index in [4.69, 9.17) is 9.97 Å². The molecule has 2 aliphatic rings. The summed E-state index contributed by atoms with van der Waals surface area (Å²) in [6.45, 7) is 11.1. The van der Waals surface area contributed by atoms with Gasteiger partial charge in [0.05, 0.1) is 11.4 Å². The highest BCUT2D eigenvalue weighted by Gasteiger charge is 2.49. The summed E-state index contributed by atoms with van der Waals surface area (Å²) < 4.78 is 0. The first kappa shape index (κ1) is 12.1. The summed E-state index contributed by atoms with van der Waals surface area (Å²) in [6, 6.07) is 0. The molecule has 0 radical (unpaired) electrons. The van der Waals surface area contributed by atoms with Gasteiger partial charge in [0, 0.05) is 31.0 Å². The lowest BCUT2D eigenvalue weighted by molar-refractivity contribution is 0.577. The van der Waals surface area contributed by atoms with E-state index in [2.05, 4.69) is 33.0 Å². The Morgan fingerprint density at radius 1 is 1.28 bits per heavy atom. The van der Waals surface area contributed by atoms with Crippen LogP contribution in [0.5, 0.6) is 0 Å². The van der Waals surface area contributed by atoms with Gasteiger partial charge in [0.1, 0.15) is 5.82 Å². The van der Waals surface area contributed by atoms with Crippen molar-refractivity contribution in [1.29, 1.82) is 0 Å². The van der Waals surface area contributed by atoms with Gasteiger partial charge in [0.15, 0.2) is 0 Å². The highest BCUT2D eigenvalue weighted by molar-refractivity contribution is 5.32. The molecule has 18 heavy (non-hydrogen) atoms. The van der Waals surface area contributed by atoms with E-state index < -0.39 is 0 Å². The summed E-state index contributed by atoms with van der Waals surface area (Å²) in [5.74, 6) is 2.17. The van der Waals surface area contributed by atoms with Crippen LogP contribution >= 0.6 is 0 Å². The quantitative estimate of drug-likeness (QED) is 0.870. The molecule has 3 heteroatoms. The van der Waals surface area contributed by atoms with E-state index in [9.17, 15) is 0 Å². The lowest BCUT2D eigenvalue weighted by Gasteiger charge is -2.22. The minimum Gasteiger partial charge on any atom is -0.312 e. The SMILES string of the molecule is CC(C)c1nc(C2CC2(C)C)nc2c1CNCC2. The third-order valence-electron chi connectivity index (χ3n) is 4.35. The molecule has 1 aromatic heterocycles. The summed E-state index contributed by atoms with van der Waals surface area (Å²) in [5.41, 5.74) is 4.34. The van der Waals surface area contributed by atoms with Crippen molar-refractivity contribution >= 4 is 0 Å². The standard InChI is InChI=1S/C15H23N3/c1-9(2)13-10-8-16-6-5-12(10)17-14(18-13)11-7-15(11,3)4/h9,11,16H,5-8H2,1-4H3. The van der Waals surface area contributed by atoms with Crippen LogP contribution in [0.15, 0.2) is 0 Å². The fourth-order valence-electron chi connectivity index (χ4n) is 2.93. The number of rotatable bonds is 2. The average molecular weight is 245 g/mol. The minimum absolute atomic E-state index is 0.412. The normalized spacial score (nSPS) is 25.1. The van der Waals surface area contributed by atoms with E-state index in [0.717, 1.165) is 25.3 Å². The molecule has 1 saturated carbocycles. The molecule has 3 nitrogen and oxygen atoms in total. The first-order valence-electron chi connectivity index (χ1n) is 7.09. The van der Waals surface area contributed by atoms with Crippen LogP contribution in [0.25, 0.3) is 0 Å². The zero-order valence-corrected chi connectivity index (χ0v) is 11.9. The average Bonchev–Trinajstić information content (AvgIpc) is 2.97. The Hall–Kier alpha value is -0.960. The Morgan fingerprint density at radius 3 is 2.61 bits per heavy atom. The van der Waals surface area contributed by atoms with Gasteiger partial charge in [0.25, 0.3) is 0 Å². The first-order chi connectivity index (χ1) is 8.49. The number of hydrogen-bond acceptors (Lipinski definition) is 3. The second-order valence-corrected chi connectivity index (χ2v) is 6.72. The van der Waals surface area contributed by atoms with Gasteiger partial charge in [-0.25, -0.2) is 9.97 Å². The summed E-state index contributed by atoms with van der Waals surface area (Å²) in [6.07, 6.45) is 2.29. The van der Waals surface area contributed by atoms with Gasteiger partial charge in [-0.2, -0.15) is 0 Å². The van der Waals surface area contributed by atoms with Crippen molar-refractivity contribution in [2.45, 2.75) is 58.9 Å². The molecule has 1 atom stereocenters. The van der Waals surface area contributed by atoms with Gasteiger partial charge in [0.2, 0.25) is 0 Å². The van der Waals surface area contributed by atoms with Gasteiger partial charge in [-0.3, -0.25) is 0 Å². The zero-order chi connectivity index (χ0) is 12.9. The molecule has 0 saturated heterocycles. The second kappa shape index (κ2) is 4.02. The van der Waals surface area contributed by atoms with Crippen LogP contribution in [-0.4, -0.2) is 16.5 Å². The first-order valence-corrected chi connectivity index (χ1v) is 7.09. The number of nitrogens with zero attached hydrogens (tertiary/aromatic N) is 2. The molecule has 1 N–H and O–H groups in total. The van der Waals surface area contributed by atoms with Crippen molar-refractivity contribution in [1.82, 2.24) is 15.3 Å². The summed E-state index contributed by atoms with van der Waals surface area (Å²) in [4.78, 5) is 9.75. The molecular formula is C15H23N3. The fourth-order valence-corrected chi connectivity index (χ4v) is 2.93. The maximum absolute atomic E-state index is 4.89. The Morgan fingerprint density at radius 2 is 2.00 bits per heavy atom.